The number of halogens is 1. The molecular weight excluding hydrogens is 294 g/mol. The molecule has 0 spiro atoms. The van der Waals surface area contributed by atoms with Crippen LogP contribution in [0.5, 0.6) is 5.75 Å². The average molecular weight is 314 g/mol. The molecule has 0 saturated carbocycles. The highest BCUT2D eigenvalue weighted by atomic mass is 79.9. The van der Waals surface area contributed by atoms with Gasteiger partial charge in [0.15, 0.2) is 0 Å². The SMILES string of the molecule is CCOc1ccc(Br)cc1C(N)C1COC(C)C1. The van der Waals surface area contributed by atoms with Crippen LogP contribution in [0, 0.1) is 5.92 Å². The van der Waals surface area contributed by atoms with E-state index in [9.17, 15) is 0 Å². The average Bonchev–Trinajstić information content (AvgIpc) is 2.77. The summed E-state index contributed by atoms with van der Waals surface area (Å²) in [5.41, 5.74) is 7.45. The molecule has 2 rings (SSSR count). The van der Waals surface area contributed by atoms with Crippen molar-refractivity contribution in [3.05, 3.63) is 28.2 Å². The Morgan fingerprint density at radius 1 is 1.56 bits per heavy atom. The monoisotopic (exact) mass is 313 g/mol. The van der Waals surface area contributed by atoms with Crippen molar-refractivity contribution in [3.8, 4) is 5.75 Å². The number of hydrogen-bond donors (Lipinski definition) is 1. The van der Waals surface area contributed by atoms with Crippen molar-refractivity contribution >= 4 is 15.9 Å². The summed E-state index contributed by atoms with van der Waals surface area (Å²) in [5, 5.41) is 0. The van der Waals surface area contributed by atoms with Crippen molar-refractivity contribution in [1.82, 2.24) is 0 Å². The van der Waals surface area contributed by atoms with E-state index in [4.69, 9.17) is 15.2 Å². The molecule has 3 atom stereocenters. The molecule has 3 nitrogen and oxygen atoms in total. The van der Waals surface area contributed by atoms with E-state index in [2.05, 4.69) is 28.9 Å². The van der Waals surface area contributed by atoms with E-state index in [1.54, 1.807) is 0 Å². The molecule has 1 aliphatic heterocycles. The lowest BCUT2D eigenvalue weighted by molar-refractivity contribution is 0.118. The van der Waals surface area contributed by atoms with Crippen molar-refractivity contribution in [2.45, 2.75) is 32.4 Å². The molecule has 18 heavy (non-hydrogen) atoms. The van der Waals surface area contributed by atoms with E-state index in [1.807, 2.05) is 19.1 Å². The van der Waals surface area contributed by atoms with Gasteiger partial charge in [-0.25, -0.2) is 0 Å². The van der Waals surface area contributed by atoms with Crippen molar-refractivity contribution in [2.24, 2.45) is 11.7 Å². The highest BCUT2D eigenvalue weighted by Gasteiger charge is 2.29. The van der Waals surface area contributed by atoms with Gasteiger partial charge in [0, 0.05) is 22.0 Å². The fourth-order valence-corrected chi connectivity index (χ4v) is 2.80. The molecule has 1 aromatic carbocycles. The Morgan fingerprint density at radius 3 is 2.94 bits per heavy atom. The number of hydrogen-bond acceptors (Lipinski definition) is 3. The summed E-state index contributed by atoms with van der Waals surface area (Å²) in [4.78, 5) is 0. The van der Waals surface area contributed by atoms with Crippen LogP contribution in [0.15, 0.2) is 22.7 Å². The minimum absolute atomic E-state index is 0.0333. The summed E-state index contributed by atoms with van der Waals surface area (Å²) < 4.78 is 12.3. The summed E-state index contributed by atoms with van der Waals surface area (Å²) in [6.07, 6.45) is 1.32. The second-order valence-electron chi connectivity index (χ2n) is 4.78. The third kappa shape index (κ3) is 3.05. The molecule has 0 radical (unpaired) electrons. The largest absolute Gasteiger partial charge is 0.494 e. The first-order chi connectivity index (χ1) is 8.61. The van der Waals surface area contributed by atoms with Gasteiger partial charge < -0.3 is 15.2 Å². The fraction of sp³-hybridized carbons (Fsp3) is 0.571. The lowest BCUT2D eigenvalue weighted by Crippen LogP contribution is -2.22. The Balaban J connectivity index is 2.22. The van der Waals surface area contributed by atoms with E-state index in [-0.39, 0.29) is 6.04 Å². The summed E-state index contributed by atoms with van der Waals surface area (Å²) in [5.74, 6) is 1.25. The van der Waals surface area contributed by atoms with Gasteiger partial charge >= 0.3 is 0 Å². The maximum absolute atomic E-state index is 6.38. The van der Waals surface area contributed by atoms with Crippen LogP contribution in [0.3, 0.4) is 0 Å². The molecule has 1 aliphatic rings. The van der Waals surface area contributed by atoms with Gasteiger partial charge in [-0.15, -0.1) is 0 Å². The van der Waals surface area contributed by atoms with Crippen molar-refractivity contribution in [1.29, 1.82) is 0 Å². The van der Waals surface area contributed by atoms with Crippen LogP contribution < -0.4 is 10.5 Å². The lowest BCUT2D eigenvalue weighted by atomic mass is 9.91. The molecular formula is C14H20BrNO2. The Morgan fingerprint density at radius 2 is 2.33 bits per heavy atom. The van der Waals surface area contributed by atoms with E-state index >= 15 is 0 Å². The first-order valence-electron chi connectivity index (χ1n) is 6.41. The van der Waals surface area contributed by atoms with Crippen LogP contribution in [0.4, 0.5) is 0 Å². The van der Waals surface area contributed by atoms with Gasteiger partial charge in [-0.1, -0.05) is 15.9 Å². The summed E-state index contributed by atoms with van der Waals surface area (Å²) in [7, 11) is 0. The lowest BCUT2D eigenvalue weighted by Gasteiger charge is -2.21. The molecule has 1 aromatic rings. The molecule has 3 unspecified atom stereocenters. The second-order valence-corrected chi connectivity index (χ2v) is 5.70. The molecule has 100 valence electrons. The molecule has 2 N–H and O–H groups in total. The zero-order valence-electron chi connectivity index (χ0n) is 10.9. The number of rotatable bonds is 4. The minimum Gasteiger partial charge on any atom is -0.494 e. The quantitative estimate of drug-likeness (QED) is 0.927. The summed E-state index contributed by atoms with van der Waals surface area (Å²) in [6.45, 7) is 5.47. The Bertz CT molecular complexity index is 411. The summed E-state index contributed by atoms with van der Waals surface area (Å²) >= 11 is 3.49. The van der Waals surface area contributed by atoms with E-state index < -0.39 is 0 Å². The van der Waals surface area contributed by atoms with E-state index in [1.165, 1.54) is 0 Å². The fourth-order valence-electron chi connectivity index (χ4n) is 2.42. The zero-order chi connectivity index (χ0) is 13.1. The predicted molar refractivity (Wildman–Crippen MR) is 75.8 cm³/mol. The van der Waals surface area contributed by atoms with Crippen LogP contribution in [0.2, 0.25) is 0 Å². The van der Waals surface area contributed by atoms with Crippen molar-refractivity contribution < 1.29 is 9.47 Å². The standard InChI is InChI=1S/C14H20BrNO2/c1-3-17-13-5-4-11(15)7-12(13)14(16)10-6-9(2)18-8-10/h4-5,7,9-10,14H,3,6,8,16H2,1-2H3. The van der Waals surface area contributed by atoms with E-state index in [0.717, 1.165) is 28.8 Å². The van der Waals surface area contributed by atoms with Crippen LogP contribution in [0.1, 0.15) is 31.9 Å². The van der Waals surface area contributed by atoms with Crippen LogP contribution in [-0.4, -0.2) is 19.3 Å². The minimum atomic E-state index is -0.0333. The molecule has 4 heteroatoms. The predicted octanol–water partition coefficient (Wildman–Crippen LogP) is 3.27. The van der Waals surface area contributed by atoms with Gasteiger partial charge in [-0.3, -0.25) is 0 Å². The third-order valence-corrected chi connectivity index (χ3v) is 3.86. The van der Waals surface area contributed by atoms with Crippen LogP contribution in [0.25, 0.3) is 0 Å². The van der Waals surface area contributed by atoms with Gasteiger partial charge in [0.1, 0.15) is 5.75 Å². The highest BCUT2D eigenvalue weighted by Crippen LogP contribution is 2.35. The van der Waals surface area contributed by atoms with Crippen molar-refractivity contribution in [2.75, 3.05) is 13.2 Å². The molecule has 1 saturated heterocycles. The first-order valence-corrected chi connectivity index (χ1v) is 7.20. The maximum Gasteiger partial charge on any atom is 0.124 e. The first kappa shape index (κ1) is 13.8. The van der Waals surface area contributed by atoms with Gasteiger partial charge in [0.25, 0.3) is 0 Å². The number of ether oxygens (including phenoxy) is 2. The van der Waals surface area contributed by atoms with Gasteiger partial charge in [-0.05, 0) is 38.5 Å². The molecule has 1 fully saturated rings. The van der Waals surface area contributed by atoms with Crippen molar-refractivity contribution in [3.63, 3.8) is 0 Å². The molecule has 0 aromatic heterocycles. The second kappa shape index (κ2) is 6.04. The number of benzene rings is 1. The normalized spacial score (nSPS) is 25.1. The van der Waals surface area contributed by atoms with Gasteiger partial charge in [-0.2, -0.15) is 0 Å². The van der Waals surface area contributed by atoms with Crippen LogP contribution in [-0.2, 0) is 4.74 Å². The highest BCUT2D eigenvalue weighted by molar-refractivity contribution is 9.10. The molecule has 0 amide bonds. The third-order valence-electron chi connectivity index (χ3n) is 3.37. The Hall–Kier alpha value is -0.580. The van der Waals surface area contributed by atoms with Gasteiger partial charge in [0.2, 0.25) is 0 Å². The molecule has 0 aliphatic carbocycles. The van der Waals surface area contributed by atoms with Gasteiger partial charge in [0.05, 0.1) is 19.3 Å². The Kier molecular flexibility index (Phi) is 4.65. The molecule has 1 heterocycles. The van der Waals surface area contributed by atoms with Crippen LogP contribution >= 0.6 is 15.9 Å². The molecule has 0 bridgehead atoms. The summed E-state index contributed by atoms with van der Waals surface area (Å²) in [6, 6.07) is 5.98. The number of nitrogens with two attached hydrogens (primary N) is 1. The Labute approximate surface area is 117 Å². The maximum atomic E-state index is 6.38. The smallest absolute Gasteiger partial charge is 0.124 e. The zero-order valence-corrected chi connectivity index (χ0v) is 12.4. The topological polar surface area (TPSA) is 44.5 Å². The van der Waals surface area contributed by atoms with E-state index in [0.29, 0.717) is 18.6 Å².